The van der Waals surface area contributed by atoms with Crippen molar-refractivity contribution < 1.29 is 9.53 Å². The molecule has 182 valence electrons. The van der Waals surface area contributed by atoms with Gasteiger partial charge in [0.1, 0.15) is 5.75 Å². The summed E-state index contributed by atoms with van der Waals surface area (Å²) in [5, 5.41) is 9.16. The molecule has 7 heteroatoms. The predicted octanol–water partition coefficient (Wildman–Crippen LogP) is 7.13. The molecule has 2 aliphatic carbocycles. The number of aromatic nitrogens is 2. The van der Waals surface area contributed by atoms with Crippen LogP contribution in [0.2, 0.25) is 10.0 Å². The van der Waals surface area contributed by atoms with Gasteiger partial charge in [-0.05, 0) is 86.1 Å². The highest BCUT2D eigenvalue weighted by molar-refractivity contribution is 6.35. The van der Waals surface area contributed by atoms with Gasteiger partial charge in [0.05, 0.1) is 23.5 Å². The number of benzene rings is 2. The average molecular weight is 510 g/mol. The molecule has 1 heterocycles. The van der Waals surface area contributed by atoms with E-state index in [4.69, 9.17) is 33.0 Å². The van der Waals surface area contributed by atoms with Crippen molar-refractivity contribution in [3.63, 3.8) is 0 Å². The second-order valence-corrected chi connectivity index (χ2v) is 10.1. The molecule has 5 rings (SSSR count). The van der Waals surface area contributed by atoms with E-state index >= 15 is 0 Å². The monoisotopic (exact) mass is 509 g/mol. The van der Waals surface area contributed by atoms with Gasteiger partial charge in [0, 0.05) is 16.6 Å². The van der Waals surface area contributed by atoms with Crippen molar-refractivity contribution in [2.45, 2.75) is 57.4 Å². The quantitative estimate of drug-likeness (QED) is 0.372. The van der Waals surface area contributed by atoms with Crippen LogP contribution in [0.3, 0.4) is 0 Å². The maximum Gasteiger partial charge on any atom is 0.272 e. The van der Waals surface area contributed by atoms with Crippen LogP contribution >= 0.6 is 23.2 Å². The standard InChI is InChI=1S/C28H29Cl2N3O2/c1-35-22-13-10-18(11-14-22)16-19-6-2-5-9-23-26(28(34)31-21-7-3-4-8-21)32-33(27(19)23)25-15-12-20(29)17-24(25)30/h10-17,21H,2-9H2,1H3,(H,31,34)/b19-16+. The van der Waals surface area contributed by atoms with E-state index in [1.165, 1.54) is 0 Å². The third-order valence-corrected chi connectivity index (χ3v) is 7.45. The fourth-order valence-electron chi connectivity index (χ4n) is 5.13. The van der Waals surface area contributed by atoms with Crippen molar-refractivity contribution in [3.8, 4) is 11.4 Å². The Hall–Kier alpha value is -2.76. The number of hydrogen-bond donors (Lipinski definition) is 1. The van der Waals surface area contributed by atoms with Crippen molar-refractivity contribution >= 4 is 40.8 Å². The number of carbonyl (C=O) groups is 1. The molecule has 1 N–H and O–H groups in total. The summed E-state index contributed by atoms with van der Waals surface area (Å²) in [5.41, 5.74) is 5.37. The van der Waals surface area contributed by atoms with Gasteiger partial charge in [-0.1, -0.05) is 48.2 Å². The van der Waals surface area contributed by atoms with Gasteiger partial charge in [-0.15, -0.1) is 0 Å². The lowest BCUT2D eigenvalue weighted by molar-refractivity contribution is 0.0931. The van der Waals surface area contributed by atoms with Crippen molar-refractivity contribution in [2.24, 2.45) is 0 Å². The molecule has 0 aliphatic heterocycles. The molecule has 35 heavy (non-hydrogen) atoms. The summed E-state index contributed by atoms with van der Waals surface area (Å²) in [4.78, 5) is 13.4. The summed E-state index contributed by atoms with van der Waals surface area (Å²) in [6, 6.07) is 13.6. The molecule has 1 fully saturated rings. The zero-order valence-corrected chi connectivity index (χ0v) is 21.3. The first-order chi connectivity index (χ1) is 17.0. The Morgan fingerprint density at radius 3 is 2.51 bits per heavy atom. The van der Waals surface area contributed by atoms with Gasteiger partial charge in [-0.2, -0.15) is 5.10 Å². The first-order valence-electron chi connectivity index (χ1n) is 12.3. The van der Waals surface area contributed by atoms with Crippen LogP contribution in [-0.2, 0) is 6.42 Å². The molecule has 2 aliphatic rings. The zero-order chi connectivity index (χ0) is 24.4. The minimum atomic E-state index is -0.0947. The molecule has 0 saturated heterocycles. The normalized spacial score (nSPS) is 17.3. The molecule has 0 atom stereocenters. The Bertz CT molecular complexity index is 1260. The average Bonchev–Trinajstić information content (AvgIpc) is 3.44. The largest absolute Gasteiger partial charge is 0.497 e. The van der Waals surface area contributed by atoms with E-state index in [0.29, 0.717) is 15.7 Å². The minimum Gasteiger partial charge on any atom is -0.497 e. The maximum absolute atomic E-state index is 13.4. The first kappa shape index (κ1) is 24.0. The number of rotatable bonds is 5. The highest BCUT2D eigenvalue weighted by atomic mass is 35.5. The number of nitrogens with one attached hydrogen (secondary N) is 1. The number of ether oxygens (including phenoxy) is 1. The molecule has 0 radical (unpaired) electrons. The molecule has 1 aromatic heterocycles. The number of carbonyl (C=O) groups excluding carboxylic acids is 1. The second kappa shape index (κ2) is 10.5. The van der Waals surface area contributed by atoms with Crippen molar-refractivity contribution in [2.75, 3.05) is 7.11 Å². The fraction of sp³-hybridized carbons (Fsp3) is 0.357. The highest BCUT2D eigenvalue weighted by Crippen LogP contribution is 2.37. The third-order valence-electron chi connectivity index (χ3n) is 6.91. The van der Waals surface area contributed by atoms with E-state index in [9.17, 15) is 4.79 Å². The van der Waals surface area contributed by atoms with E-state index in [-0.39, 0.29) is 11.9 Å². The zero-order valence-electron chi connectivity index (χ0n) is 19.8. The summed E-state index contributed by atoms with van der Waals surface area (Å²) in [5.74, 6) is 0.722. The number of hydrogen-bond acceptors (Lipinski definition) is 3. The first-order valence-corrected chi connectivity index (χ1v) is 13.0. The third kappa shape index (κ3) is 5.12. The van der Waals surface area contributed by atoms with Crippen LogP contribution in [-0.4, -0.2) is 28.8 Å². The molecule has 5 nitrogen and oxygen atoms in total. The molecular formula is C28H29Cl2N3O2. The van der Waals surface area contributed by atoms with E-state index in [1.54, 1.807) is 19.2 Å². The highest BCUT2D eigenvalue weighted by Gasteiger charge is 2.29. The topological polar surface area (TPSA) is 56.1 Å². The lowest BCUT2D eigenvalue weighted by Gasteiger charge is -2.13. The van der Waals surface area contributed by atoms with Crippen LogP contribution in [0.5, 0.6) is 5.75 Å². The number of fused-ring (bicyclic) bond motifs is 1. The number of halogens is 2. The SMILES string of the molecule is COc1ccc(/C=C2\CCCCc3c(C(=O)NC4CCCC4)nn(-c4ccc(Cl)cc4Cl)c32)cc1. The molecule has 3 aromatic rings. The summed E-state index contributed by atoms with van der Waals surface area (Å²) in [6.07, 6.45) is 10.3. The lowest BCUT2D eigenvalue weighted by atomic mass is 10.0. The minimum absolute atomic E-state index is 0.0947. The maximum atomic E-state index is 13.4. The van der Waals surface area contributed by atoms with Gasteiger partial charge in [-0.3, -0.25) is 4.79 Å². The number of amides is 1. The van der Waals surface area contributed by atoms with Crippen LogP contribution in [0, 0.1) is 0 Å². The van der Waals surface area contributed by atoms with E-state index < -0.39 is 0 Å². The Kier molecular flexibility index (Phi) is 7.17. The van der Waals surface area contributed by atoms with Crippen molar-refractivity contribution in [1.29, 1.82) is 0 Å². The number of methoxy groups -OCH3 is 1. The second-order valence-electron chi connectivity index (χ2n) is 9.29. The number of nitrogens with zero attached hydrogens (tertiary/aromatic N) is 2. The Balaban J connectivity index is 1.64. The van der Waals surface area contributed by atoms with Gasteiger partial charge in [0.2, 0.25) is 0 Å². The van der Waals surface area contributed by atoms with Gasteiger partial charge in [0.25, 0.3) is 5.91 Å². The van der Waals surface area contributed by atoms with Crippen molar-refractivity contribution in [1.82, 2.24) is 15.1 Å². The van der Waals surface area contributed by atoms with E-state index in [1.807, 2.05) is 35.0 Å². The van der Waals surface area contributed by atoms with Crippen LogP contribution in [0.4, 0.5) is 0 Å². The van der Waals surface area contributed by atoms with Crippen LogP contribution in [0.1, 0.15) is 72.3 Å². The molecule has 1 amide bonds. The van der Waals surface area contributed by atoms with Crippen LogP contribution in [0.15, 0.2) is 42.5 Å². The van der Waals surface area contributed by atoms with Gasteiger partial charge in [-0.25, -0.2) is 4.68 Å². The fourth-order valence-corrected chi connectivity index (χ4v) is 5.62. The smallest absolute Gasteiger partial charge is 0.272 e. The molecule has 1 saturated carbocycles. The Morgan fingerprint density at radius 2 is 1.80 bits per heavy atom. The summed E-state index contributed by atoms with van der Waals surface area (Å²) < 4.78 is 7.16. The van der Waals surface area contributed by atoms with Gasteiger partial charge < -0.3 is 10.1 Å². The lowest BCUT2D eigenvalue weighted by Crippen LogP contribution is -2.33. The Morgan fingerprint density at radius 1 is 1.06 bits per heavy atom. The summed E-state index contributed by atoms with van der Waals surface area (Å²) >= 11 is 12.8. The summed E-state index contributed by atoms with van der Waals surface area (Å²) in [7, 11) is 1.66. The molecule has 0 unspecified atom stereocenters. The molecule has 0 spiro atoms. The molecule has 2 aromatic carbocycles. The van der Waals surface area contributed by atoms with Crippen molar-refractivity contribution in [3.05, 3.63) is 75.0 Å². The van der Waals surface area contributed by atoms with Crippen LogP contribution in [0.25, 0.3) is 17.3 Å². The van der Waals surface area contributed by atoms with Gasteiger partial charge >= 0.3 is 0 Å². The molecular weight excluding hydrogens is 481 g/mol. The van der Waals surface area contributed by atoms with Gasteiger partial charge in [0.15, 0.2) is 5.69 Å². The summed E-state index contributed by atoms with van der Waals surface area (Å²) in [6.45, 7) is 0. The predicted molar refractivity (Wildman–Crippen MR) is 142 cm³/mol. The Labute approximate surface area is 216 Å². The molecule has 0 bridgehead atoms. The van der Waals surface area contributed by atoms with E-state index in [2.05, 4.69) is 11.4 Å². The van der Waals surface area contributed by atoms with Crippen LogP contribution < -0.4 is 10.1 Å². The number of allylic oxidation sites excluding steroid dienone is 1. The van der Waals surface area contributed by atoms with E-state index in [0.717, 1.165) is 85.2 Å².